The molecule has 2 aromatic rings. The number of sulfonamides is 1. The van der Waals surface area contributed by atoms with E-state index in [9.17, 15) is 8.42 Å². The normalized spacial score (nSPS) is 16.6. The minimum absolute atomic E-state index is 0.506. The Morgan fingerprint density at radius 3 is 2.44 bits per heavy atom. The molecule has 0 atom stereocenters. The average molecular weight is 387 g/mol. The lowest BCUT2D eigenvalue weighted by Gasteiger charge is -2.33. The summed E-state index contributed by atoms with van der Waals surface area (Å²) in [5.74, 6) is 0.877. The molecule has 0 radical (unpaired) electrons. The predicted molar refractivity (Wildman–Crippen MR) is 109 cm³/mol. The van der Waals surface area contributed by atoms with Gasteiger partial charge in [0, 0.05) is 38.1 Å². The highest BCUT2D eigenvalue weighted by Gasteiger charge is 2.24. The van der Waals surface area contributed by atoms with E-state index in [1.54, 1.807) is 10.4 Å². The van der Waals surface area contributed by atoms with Crippen LogP contribution in [0.4, 0.5) is 0 Å². The molecule has 0 unspecified atom stereocenters. The summed E-state index contributed by atoms with van der Waals surface area (Å²) in [6, 6.07) is 17.5. The highest BCUT2D eigenvalue weighted by Crippen LogP contribution is 2.14. The third kappa shape index (κ3) is 5.92. The third-order valence-electron chi connectivity index (χ3n) is 4.59. The van der Waals surface area contributed by atoms with Gasteiger partial charge in [0.1, 0.15) is 12.4 Å². The molecule has 1 fully saturated rings. The monoisotopic (exact) mass is 386 g/mol. The standard InChI is InChI=1S/C21H26N2O3S/c1-19-6-5-9-21(18-19)26-16-15-22-11-13-23(14-12-22)27(24,25)17-10-20-7-3-2-4-8-20/h2-10,17-18H,11-16H2,1H3/b17-10+. The van der Waals surface area contributed by atoms with Crippen molar-refractivity contribution in [1.29, 1.82) is 0 Å². The van der Waals surface area contributed by atoms with Gasteiger partial charge in [-0.25, -0.2) is 8.42 Å². The van der Waals surface area contributed by atoms with Crippen LogP contribution in [-0.2, 0) is 10.0 Å². The van der Waals surface area contributed by atoms with Gasteiger partial charge in [0.25, 0.3) is 0 Å². The van der Waals surface area contributed by atoms with Crippen molar-refractivity contribution in [3.05, 3.63) is 71.1 Å². The molecule has 6 heteroatoms. The number of benzene rings is 2. The van der Waals surface area contributed by atoms with Crippen LogP contribution in [-0.4, -0.2) is 57.0 Å². The molecule has 1 heterocycles. The fourth-order valence-electron chi connectivity index (χ4n) is 3.02. The first-order valence-corrected chi connectivity index (χ1v) is 10.7. The first kappa shape index (κ1) is 19.6. The van der Waals surface area contributed by atoms with Crippen molar-refractivity contribution in [3.8, 4) is 5.75 Å². The molecule has 0 aromatic heterocycles. The largest absolute Gasteiger partial charge is 0.492 e. The van der Waals surface area contributed by atoms with Gasteiger partial charge in [0.2, 0.25) is 10.0 Å². The van der Waals surface area contributed by atoms with Gasteiger partial charge < -0.3 is 4.74 Å². The van der Waals surface area contributed by atoms with Crippen molar-refractivity contribution in [2.24, 2.45) is 0 Å². The molecule has 0 N–H and O–H groups in total. The summed E-state index contributed by atoms with van der Waals surface area (Å²) >= 11 is 0. The number of ether oxygens (including phenoxy) is 1. The Hall–Kier alpha value is -2.15. The predicted octanol–water partition coefficient (Wildman–Crippen LogP) is 2.99. The number of rotatable bonds is 7. The summed E-state index contributed by atoms with van der Waals surface area (Å²) in [5, 5.41) is 1.30. The fourth-order valence-corrected chi connectivity index (χ4v) is 4.19. The van der Waals surface area contributed by atoms with E-state index in [1.165, 1.54) is 11.0 Å². The molecule has 27 heavy (non-hydrogen) atoms. The first-order chi connectivity index (χ1) is 13.0. The Bertz CT molecular complexity index is 858. The smallest absolute Gasteiger partial charge is 0.236 e. The van der Waals surface area contributed by atoms with Crippen LogP contribution < -0.4 is 4.74 Å². The maximum absolute atomic E-state index is 12.5. The molecule has 1 aliphatic rings. The second-order valence-corrected chi connectivity index (χ2v) is 8.48. The van der Waals surface area contributed by atoms with Crippen LogP contribution in [0.15, 0.2) is 60.0 Å². The Labute approximate surface area is 161 Å². The van der Waals surface area contributed by atoms with Crippen LogP contribution in [0, 0.1) is 6.92 Å². The summed E-state index contributed by atoms with van der Waals surface area (Å²) in [6.45, 7) is 5.88. The van der Waals surface area contributed by atoms with E-state index < -0.39 is 10.0 Å². The number of piperazine rings is 1. The highest BCUT2D eigenvalue weighted by molar-refractivity contribution is 7.92. The Morgan fingerprint density at radius 1 is 1.00 bits per heavy atom. The van der Waals surface area contributed by atoms with E-state index in [0.29, 0.717) is 19.7 Å². The quantitative estimate of drug-likeness (QED) is 0.734. The maximum atomic E-state index is 12.5. The van der Waals surface area contributed by atoms with Crippen molar-refractivity contribution in [3.63, 3.8) is 0 Å². The van der Waals surface area contributed by atoms with Crippen molar-refractivity contribution in [2.75, 3.05) is 39.3 Å². The maximum Gasteiger partial charge on any atom is 0.236 e. The Balaban J connectivity index is 1.44. The third-order valence-corrected chi connectivity index (χ3v) is 6.15. The molecule has 0 bridgehead atoms. The number of hydrogen-bond donors (Lipinski definition) is 0. The molecule has 0 amide bonds. The van der Waals surface area contributed by atoms with Crippen molar-refractivity contribution < 1.29 is 13.2 Å². The van der Waals surface area contributed by atoms with Gasteiger partial charge in [-0.05, 0) is 36.3 Å². The SMILES string of the molecule is Cc1cccc(OCCN2CCN(S(=O)(=O)/C=C/c3ccccc3)CC2)c1. The van der Waals surface area contributed by atoms with Crippen molar-refractivity contribution >= 4 is 16.1 Å². The minimum Gasteiger partial charge on any atom is -0.492 e. The van der Waals surface area contributed by atoms with E-state index in [-0.39, 0.29) is 0 Å². The van der Waals surface area contributed by atoms with Crippen molar-refractivity contribution in [2.45, 2.75) is 6.92 Å². The van der Waals surface area contributed by atoms with Crippen LogP contribution >= 0.6 is 0 Å². The van der Waals surface area contributed by atoms with E-state index in [2.05, 4.69) is 4.90 Å². The van der Waals surface area contributed by atoms with E-state index in [0.717, 1.165) is 30.9 Å². The lowest BCUT2D eigenvalue weighted by molar-refractivity contribution is 0.159. The average Bonchev–Trinajstić information content (AvgIpc) is 2.68. The van der Waals surface area contributed by atoms with E-state index in [4.69, 9.17) is 4.74 Å². The molecule has 5 nitrogen and oxygen atoms in total. The fraction of sp³-hybridized carbons (Fsp3) is 0.333. The van der Waals surface area contributed by atoms with Crippen LogP contribution in [0.2, 0.25) is 0 Å². The molecular formula is C21H26N2O3S. The zero-order chi connectivity index (χ0) is 19.1. The molecule has 1 saturated heterocycles. The molecule has 144 valence electrons. The van der Waals surface area contributed by atoms with Crippen molar-refractivity contribution in [1.82, 2.24) is 9.21 Å². The molecule has 0 aliphatic carbocycles. The van der Waals surface area contributed by atoms with Crippen LogP contribution in [0.3, 0.4) is 0 Å². The molecule has 2 aromatic carbocycles. The number of aryl methyl sites for hydroxylation is 1. The molecule has 1 aliphatic heterocycles. The van der Waals surface area contributed by atoms with E-state index in [1.807, 2.05) is 61.5 Å². The summed E-state index contributed by atoms with van der Waals surface area (Å²) in [4.78, 5) is 2.24. The molecular weight excluding hydrogens is 360 g/mol. The lowest BCUT2D eigenvalue weighted by atomic mass is 10.2. The van der Waals surface area contributed by atoms with Gasteiger partial charge in [0.05, 0.1) is 0 Å². The van der Waals surface area contributed by atoms with Crippen LogP contribution in [0.5, 0.6) is 5.75 Å². The van der Waals surface area contributed by atoms with Gasteiger partial charge in [-0.2, -0.15) is 4.31 Å². The number of nitrogens with zero attached hydrogens (tertiary/aromatic N) is 2. The molecule has 0 spiro atoms. The first-order valence-electron chi connectivity index (χ1n) is 9.18. The summed E-state index contributed by atoms with van der Waals surface area (Å²) in [6.07, 6.45) is 1.65. The van der Waals surface area contributed by atoms with Gasteiger partial charge in [-0.1, -0.05) is 42.5 Å². The minimum atomic E-state index is -3.38. The molecule has 0 saturated carbocycles. The second-order valence-electron chi connectivity index (χ2n) is 6.66. The van der Waals surface area contributed by atoms with Gasteiger partial charge in [-0.3, -0.25) is 4.90 Å². The zero-order valence-corrected chi connectivity index (χ0v) is 16.4. The number of hydrogen-bond acceptors (Lipinski definition) is 4. The van der Waals surface area contributed by atoms with Gasteiger partial charge in [-0.15, -0.1) is 0 Å². The summed E-state index contributed by atoms with van der Waals surface area (Å²) < 4.78 is 32.3. The summed E-state index contributed by atoms with van der Waals surface area (Å²) in [7, 11) is -3.38. The highest BCUT2D eigenvalue weighted by atomic mass is 32.2. The van der Waals surface area contributed by atoms with Crippen LogP contribution in [0.1, 0.15) is 11.1 Å². The zero-order valence-electron chi connectivity index (χ0n) is 15.6. The lowest BCUT2D eigenvalue weighted by Crippen LogP contribution is -2.48. The Kier molecular flexibility index (Phi) is 6.66. The van der Waals surface area contributed by atoms with E-state index >= 15 is 0 Å². The molecule has 3 rings (SSSR count). The topological polar surface area (TPSA) is 49.9 Å². The van der Waals surface area contributed by atoms with Gasteiger partial charge >= 0.3 is 0 Å². The van der Waals surface area contributed by atoms with Gasteiger partial charge in [0.15, 0.2) is 0 Å². The van der Waals surface area contributed by atoms with Crippen LogP contribution in [0.25, 0.3) is 6.08 Å². The Morgan fingerprint density at radius 2 is 1.74 bits per heavy atom. The second kappa shape index (κ2) is 9.17. The summed E-state index contributed by atoms with van der Waals surface area (Å²) in [5.41, 5.74) is 2.06.